The Balaban J connectivity index is 1.23. The molecule has 15 heteroatoms. The Morgan fingerprint density at radius 1 is 0.930 bits per heavy atom. The number of ether oxygens (including phenoxy) is 1. The van der Waals surface area contributed by atoms with Crippen molar-refractivity contribution in [3.63, 3.8) is 0 Å². The molecule has 0 spiro atoms. The summed E-state index contributed by atoms with van der Waals surface area (Å²) in [5, 5.41) is 12.4. The van der Waals surface area contributed by atoms with Crippen LogP contribution in [0.1, 0.15) is 57.8 Å². The van der Waals surface area contributed by atoms with Crippen molar-refractivity contribution in [3.05, 3.63) is 28.2 Å². The summed E-state index contributed by atoms with van der Waals surface area (Å²) in [6.07, 6.45) is 4.42. The monoisotopic (exact) mass is 660 g/mol. The van der Waals surface area contributed by atoms with Crippen molar-refractivity contribution in [2.24, 2.45) is 5.92 Å². The fraction of sp³-hybridized carbons (Fsp3) is 0.643. The van der Waals surface area contributed by atoms with Crippen molar-refractivity contribution in [2.45, 2.75) is 74.8 Å². The van der Waals surface area contributed by atoms with Crippen LogP contribution in [0.2, 0.25) is 10.0 Å². The highest BCUT2D eigenvalue weighted by Gasteiger charge is 2.41. The number of nitrogens with one attached hydrogen (secondary N) is 1. The van der Waals surface area contributed by atoms with Crippen molar-refractivity contribution >= 4 is 57.1 Å². The summed E-state index contributed by atoms with van der Waals surface area (Å²) in [6, 6.07) is 1.43. The van der Waals surface area contributed by atoms with Crippen LogP contribution in [0.4, 0.5) is 4.79 Å². The van der Waals surface area contributed by atoms with Gasteiger partial charge in [-0.1, -0.05) is 23.2 Å². The Bertz CT molecular complexity index is 1280. The van der Waals surface area contributed by atoms with Crippen LogP contribution in [0, 0.1) is 5.92 Å². The van der Waals surface area contributed by atoms with E-state index < -0.39 is 34.0 Å². The molecule has 3 amide bonds. The zero-order chi connectivity index (χ0) is 31.1. The second kappa shape index (κ2) is 14.9. The molecule has 238 valence electrons. The fourth-order valence-electron chi connectivity index (χ4n) is 5.83. The zero-order valence-corrected chi connectivity index (χ0v) is 26.2. The van der Waals surface area contributed by atoms with E-state index in [1.165, 1.54) is 18.2 Å². The van der Waals surface area contributed by atoms with Crippen LogP contribution in [0.5, 0.6) is 0 Å². The van der Waals surface area contributed by atoms with Gasteiger partial charge in [0.05, 0.1) is 11.5 Å². The van der Waals surface area contributed by atoms with Gasteiger partial charge in [-0.15, -0.1) is 0 Å². The minimum Gasteiger partial charge on any atom is -0.480 e. The highest BCUT2D eigenvalue weighted by molar-refractivity contribution is 7.89. The maximum absolute atomic E-state index is 13.3. The van der Waals surface area contributed by atoms with E-state index in [0.29, 0.717) is 32.0 Å². The molecule has 3 aliphatic heterocycles. The third-order valence-electron chi connectivity index (χ3n) is 8.29. The molecule has 4 rings (SSSR count). The lowest BCUT2D eigenvalue weighted by Gasteiger charge is -2.32. The minimum atomic E-state index is -4.12. The van der Waals surface area contributed by atoms with E-state index in [0.717, 1.165) is 49.5 Å². The second-order valence-electron chi connectivity index (χ2n) is 11.2. The highest BCUT2D eigenvalue weighted by Crippen LogP contribution is 2.30. The third kappa shape index (κ3) is 8.74. The first-order valence-corrected chi connectivity index (χ1v) is 16.9. The third-order valence-corrected chi connectivity index (χ3v) is 10.6. The SMILES string of the molecule is O=C(O)[C@H](CCC(=O)N1CCC(CCOC(=O)N2CCCC2)CC1)NC(=O)[C@@H]1CCCN1S(=O)(=O)c1cc(Cl)cc(Cl)c1. The Morgan fingerprint density at radius 2 is 1.58 bits per heavy atom. The van der Waals surface area contributed by atoms with Gasteiger partial charge in [-0.3, -0.25) is 9.59 Å². The van der Waals surface area contributed by atoms with Gasteiger partial charge < -0.3 is 25.0 Å². The molecule has 1 aromatic rings. The lowest BCUT2D eigenvalue weighted by molar-refractivity contribution is -0.143. The van der Waals surface area contributed by atoms with Gasteiger partial charge in [0.1, 0.15) is 12.1 Å². The number of rotatable bonds is 11. The number of likely N-dealkylation sites (tertiary alicyclic amines) is 2. The van der Waals surface area contributed by atoms with Crippen molar-refractivity contribution in [3.8, 4) is 0 Å². The largest absolute Gasteiger partial charge is 0.480 e. The number of carboxylic acids is 1. The molecule has 0 aromatic heterocycles. The van der Waals surface area contributed by atoms with E-state index in [1.807, 2.05) is 0 Å². The van der Waals surface area contributed by atoms with E-state index in [4.69, 9.17) is 27.9 Å². The average molecular weight is 662 g/mol. The lowest BCUT2D eigenvalue weighted by atomic mass is 9.93. The Hall–Kier alpha value is -2.61. The molecule has 0 aliphatic carbocycles. The Morgan fingerprint density at radius 3 is 2.21 bits per heavy atom. The number of amides is 3. The number of aliphatic carboxylic acids is 1. The molecule has 3 aliphatic rings. The average Bonchev–Trinajstić information content (AvgIpc) is 3.68. The van der Waals surface area contributed by atoms with Crippen LogP contribution in [0.15, 0.2) is 23.1 Å². The van der Waals surface area contributed by atoms with Gasteiger partial charge in [0.15, 0.2) is 0 Å². The predicted molar refractivity (Wildman–Crippen MR) is 158 cm³/mol. The van der Waals surface area contributed by atoms with Gasteiger partial charge in [-0.05, 0) is 75.5 Å². The first kappa shape index (κ1) is 33.3. The summed E-state index contributed by atoms with van der Waals surface area (Å²) in [5.41, 5.74) is 0. The van der Waals surface area contributed by atoms with Crippen LogP contribution >= 0.6 is 23.2 Å². The van der Waals surface area contributed by atoms with E-state index in [1.54, 1.807) is 9.80 Å². The minimum absolute atomic E-state index is 0.0803. The van der Waals surface area contributed by atoms with Crippen molar-refractivity contribution in [1.29, 1.82) is 0 Å². The van der Waals surface area contributed by atoms with Crippen LogP contribution in [0.25, 0.3) is 0 Å². The van der Waals surface area contributed by atoms with E-state index in [-0.39, 0.29) is 52.7 Å². The van der Waals surface area contributed by atoms with Gasteiger partial charge in [-0.2, -0.15) is 4.31 Å². The summed E-state index contributed by atoms with van der Waals surface area (Å²) in [6.45, 7) is 2.96. The maximum Gasteiger partial charge on any atom is 0.409 e. The number of benzene rings is 1. The molecule has 2 atom stereocenters. The molecule has 43 heavy (non-hydrogen) atoms. The first-order valence-electron chi connectivity index (χ1n) is 14.7. The Labute approximate surface area is 261 Å². The van der Waals surface area contributed by atoms with Crippen molar-refractivity contribution in [2.75, 3.05) is 39.3 Å². The summed E-state index contributed by atoms with van der Waals surface area (Å²) in [5.74, 6) is -1.92. The second-order valence-corrected chi connectivity index (χ2v) is 14.0. The molecule has 3 saturated heterocycles. The smallest absolute Gasteiger partial charge is 0.409 e. The van der Waals surface area contributed by atoms with Crippen LogP contribution in [-0.2, 0) is 29.1 Å². The van der Waals surface area contributed by atoms with Gasteiger partial charge in [-0.25, -0.2) is 18.0 Å². The number of piperidine rings is 1. The van der Waals surface area contributed by atoms with E-state index in [9.17, 15) is 32.7 Å². The number of hydrogen-bond acceptors (Lipinski definition) is 7. The molecule has 2 N–H and O–H groups in total. The number of sulfonamides is 1. The van der Waals surface area contributed by atoms with Crippen LogP contribution < -0.4 is 5.32 Å². The number of nitrogens with zero attached hydrogens (tertiary/aromatic N) is 3. The molecule has 12 nitrogen and oxygen atoms in total. The first-order chi connectivity index (χ1) is 20.5. The molecular weight excluding hydrogens is 623 g/mol. The van der Waals surface area contributed by atoms with Crippen molar-refractivity contribution in [1.82, 2.24) is 19.4 Å². The summed E-state index contributed by atoms with van der Waals surface area (Å²) in [4.78, 5) is 53.2. The Kier molecular flexibility index (Phi) is 11.5. The molecule has 3 heterocycles. The molecule has 1 aromatic carbocycles. The van der Waals surface area contributed by atoms with Gasteiger partial charge in [0.2, 0.25) is 21.8 Å². The maximum atomic E-state index is 13.3. The molecule has 0 radical (unpaired) electrons. The number of carbonyl (C=O) groups is 4. The molecule has 0 unspecified atom stereocenters. The predicted octanol–water partition coefficient (Wildman–Crippen LogP) is 3.36. The van der Waals surface area contributed by atoms with Gasteiger partial charge in [0, 0.05) is 49.2 Å². The number of halogens is 2. The summed E-state index contributed by atoms with van der Waals surface area (Å²) >= 11 is 12.0. The van der Waals surface area contributed by atoms with Crippen LogP contribution in [0.3, 0.4) is 0 Å². The topological polar surface area (TPSA) is 154 Å². The highest BCUT2D eigenvalue weighted by atomic mass is 35.5. The fourth-order valence-corrected chi connectivity index (χ4v) is 8.21. The lowest BCUT2D eigenvalue weighted by Crippen LogP contribution is -2.51. The standard InChI is InChI=1S/C28H38Cl2N4O8S/c29-20-16-21(30)18-22(17-20)43(40,41)34-12-3-4-24(34)26(36)31-23(27(37)38)5-6-25(35)32-13-7-19(8-14-32)9-15-42-28(39)33-10-1-2-11-33/h16-19,23-24H,1-15H2,(H,31,36)(H,37,38)/t23-,24-/m0/s1. The number of hydrogen-bond donors (Lipinski definition) is 2. The normalized spacial score (nSPS) is 20.7. The van der Waals surface area contributed by atoms with E-state index >= 15 is 0 Å². The zero-order valence-electron chi connectivity index (χ0n) is 23.9. The molecular formula is C28H38Cl2N4O8S. The van der Waals surface area contributed by atoms with Gasteiger partial charge in [0.25, 0.3) is 0 Å². The molecule has 0 bridgehead atoms. The van der Waals surface area contributed by atoms with E-state index in [2.05, 4.69) is 5.32 Å². The van der Waals surface area contributed by atoms with Crippen molar-refractivity contribution < 1.29 is 37.4 Å². The molecule has 3 fully saturated rings. The van der Waals surface area contributed by atoms with Crippen LogP contribution in [-0.4, -0.2) is 103 Å². The number of carbonyl (C=O) groups excluding carboxylic acids is 3. The summed E-state index contributed by atoms with van der Waals surface area (Å²) < 4.78 is 33.0. The summed E-state index contributed by atoms with van der Waals surface area (Å²) in [7, 11) is -4.12. The quantitative estimate of drug-likeness (QED) is 0.366. The number of carboxylic acid groups (broad SMARTS) is 1. The molecule has 0 saturated carbocycles. The van der Waals surface area contributed by atoms with Gasteiger partial charge >= 0.3 is 12.1 Å².